The van der Waals surface area contributed by atoms with Gasteiger partial charge in [0.15, 0.2) is 11.5 Å². The van der Waals surface area contributed by atoms with Crippen molar-refractivity contribution in [3.8, 4) is 0 Å². The van der Waals surface area contributed by atoms with Crippen LogP contribution in [0.4, 0.5) is 0 Å². The van der Waals surface area contributed by atoms with Gasteiger partial charge in [0.05, 0.1) is 0 Å². The molecule has 0 bridgehead atoms. The molecule has 0 N–H and O–H groups in total. The Hall–Kier alpha value is -2.01. The molecule has 90 valence electrons. The Morgan fingerprint density at radius 2 is 2.00 bits per heavy atom. The highest BCUT2D eigenvalue weighted by atomic mass is 35.5. The van der Waals surface area contributed by atoms with Gasteiger partial charge in [-0.25, -0.2) is 0 Å². The molecule has 0 saturated carbocycles. The molecular formula is C12H10ClN5. The number of rotatable bonds is 3. The zero-order valence-electron chi connectivity index (χ0n) is 9.49. The second kappa shape index (κ2) is 4.70. The van der Waals surface area contributed by atoms with Gasteiger partial charge in [-0.1, -0.05) is 17.7 Å². The molecule has 3 rings (SSSR count). The highest BCUT2D eigenvalue weighted by molar-refractivity contribution is 6.29. The molecule has 0 aliphatic rings. The molecule has 18 heavy (non-hydrogen) atoms. The summed E-state index contributed by atoms with van der Waals surface area (Å²) in [5.41, 5.74) is 1.73. The molecule has 0 amide bonds. The standard InChI is InChI=1S/C12H10ClN5/c13-10-5-7-12-16-15-11(18(12)17-10)6-4-9-3-1-2-8-14-9/h1-3,5,7-8H,4,6H2. The molecule has 3 heterocycles. The maximum absolute atomic E-state index is 5.86. The van der Waals surface area contributed by atoms with Crippen molar-refractivity contribution >= 4 is 17.2 Å². The zero-order chi connectivity index (χ0) is 12.4. The predicted octanol–water partition coefficient (Wildman–Crippen LogP) is 1.96. The van der Waals surface area contributed by atoms with Gasteiger partial charge in [0.25, 0.3) is 0 Å². The number of hydrogen-bond acceptors (Lipinski definition) is 4. The van der Waals surface area contributed by atoms with E-state index in [1.54, 1.807) is 22.8 Å². The van der Waals surface area contributed by atoms with Crippen molar-refractivity contribution in [1.29, 1.82) is 0 Å². The van der Waals surface area contributed by atoms with Crippen LogP contribution in [0.1, 0.15) is 11.5 Å². The lowest BCUT2D eigenvalue weighted by Crippen LogP contribution is -2.02. The molecule has 3 aromatic heterocycles. The highest BCUT2D eigenvalue weighted by Gasteiger charge is 2.07. The lowest BCUT2D eigenvalue weighted by molar-refractivity contribution is 0.773. The van der Waals surface area contributed by atoms with Gasteiger partial charge in [-0.2, -0.15) is 9.61 Å². The minimum Gasteiger partial charge on any atom is -0.261 e. The van der Waals surface area contributed by atoms with Crippen molar-refractivity contribution < 1.29 is 0 Å². The molecule has 5 nitrogen and oxygen atoms in total. The molecule has 0 aromatic carbocycles. The maximum Gasteiger partial charge on any atom is 0.178 e. The molecule has 0 aliphatic carbocycles. The smallest absolute Gasteiger partial charge is 0.178 e. The molecular weight excluding hydrogens is 250 g/mol. The van der Waals surface area contributed by atoms with Crippen LogP contribution in [0, 0.1) is 0 Å². The van der Waals surface area contributed by atoms with E-state index in [-0.39, 0.29) is 0 Å². The predicted molar refractivity (Wildman–Crippen MR) is 67.4 cm³/mol. The third kappa shape index (κ3) is 2.17. The van der Waals surface area contributed by atoms with E-state index in [0.717, 1.165) is 24.4 Å². The van der Waals surface area contributed by atoms with Crippen molar-refractivity contribution in [1.82, 2.24) is 24.8 Å². The molecule has 0 unspecified atom stereocenters. The normalized spacial score (nSPS) is 10.9. The molecule has 0 fully saturated rings. The van der Waals surface area contributed by atoms with Crippen LogP contribution in [0.15, 0.2) is 36.5 Å². The number of aromatic nitrogens is 5. The summed E-state index contributed by atoms with van der Waals surface area (Å²) in [6.07, 6.45) is 3.31. The quantitative estimate of drug-likeness (QED) is 0.722. The van der Waals surface area contributed by atoms with Gasteiger partial charge in [0.1, 0.15) is 5.15 Å². The van der Waals surface area contributed by atoms with Gasteiger partial charge in [-0.15, -0.1) is 10.2 Å². The van der Waals surface area contributed by atoms with Crippen molar-refractivity contribution in [3.05, 3.63) is 53.2 Å². The lowest BCUT2D eigenvalue weighted by atomic mass is 10.2. The topological polar surface area (TPSA) is 56.0 Å². The fourth-order valence-electron chi connectivity index (χ4n) is 1.75. The van der Waals surface area contributed by atoms with Crippen LogP contribution in [0.2, 0.25) is 5.15 Å². The van der Waals surface area contributed by atoms with Crippen LogP contribution in [0.3, 0.4) is 0 Å². The van der Waals surface area contributed by atoms with Gasteiger partial charge in [0.2, 0.25) is 0 Å². The van der Waals surface area contributed by atoms with Crippen molar-refractivity contribution in [2.45, 2.75) is 12.8 Å². The summed E-state index contributed by atoms with van der Waals surface area (Å²) < 4.78 is 1.67. The molecule has 0 saturated heterocycles. The second-order valence-corrected chi connectivity index (χ2v) is 4.25. The molecule has 0 radical (unpaired) electrons. The fraction of sp³-hybridized carbons (Fsp3) is 0.167. The van der Waals surface area contributed by atoms with E-state index in [0.29, 0.717) is 10.8 Å². The van der Waals surface area contributed by atoms with Gasteiger partial charge >= 0.3 is 0 Å². The van der Waals surface area contributed by atoms with Crippen LogP contribution in [-0.2, 0) is 12.8 Å². The van der Waals surface area contributed by atoms with Crippen molar-refractivity contribution in [2.75, 3.05) is 0 Å². The van der Waals surface area contributed by atoms with Gasteiger partial charge < -0.3 is 0 Å². The first-order valence-corrected chi connectivity index (χ1v) is 5.97. The summed E-state index contributed by atoms with van der Waals surface area (Å²) in [4.78, 5) is 4.27. The first-order valence-electron chi connectivity index (χ1n) is 5.60. The largest absolute Gasteiger partial charge is 0.261 e. The molecule has 3 aromatic rings. The van der Waals surface area contributed by atoms with E-state index in [1.165, 1.54) is 0 Å². The summed E-state index contributed by atoms with van der Waals surface area (Å²) in [7, 11) is 0. The Balaban J connectivity index is 1.85. The lowest BCUT2D eigenvalue weighted by Gasteiger charge is -1.99. The van der Waals surface area contributed by atoms with Gasteiger partial charge in [-0.05, 0) is 30.7 Å². The van der Waals surface area contributed by atoms with Crippen LogP contribution in [0.25, 0.3) is 5.65 Å². The Bertz CT molecular complexity index is 665. The maximum atomic E-state index is 5.86. The van der Waals surface area contributed by atoms with E-state index in [1.807, 2.05) is 18.2 Å². The summed E-state index contributed by atoms with van der Waals surface area (Å²) in [6.45, 7) is 0. The molecule has 0 spiro atoms. The summed E-state index contributed by atoms with van der Waals surface area (Å²) in [5, 5.41) is 12.8. The van der Waals surface area contributed by atoms with Crippen LogP contribution in [0.5, 0.6) is 0 Å². The monoisotopic (exact) mass is 259 g/mol. The third-order valence-electron chi connectivity index (χ3n) is 2.63. The van der Waals surface area contributed by atoms with Gasteiger partial charge in [-0.3, -0.25) is 4.98 Å². The number of pyridine rings is 1. The Morgan fingerprint density at radius 1 is 1.06 bits per heavy atom. The highest BCUT2D eigenvalue weighted by Crippen LogP contribution is 2.09. The average Bonchev–Trinajstić information content (AvgIpc) is 2.80. The third-order valence-corrected chi connectivity index (χ3v) is 2.83. The summed E-state index contributed by atoms with van der Waals surface area (Å²) >= 11 is 5.86. The SMILES string of the molecule is Clc1ccc2nnc(CCc3ccccn3)n2n1. The Morgan fingerprint density at radius 3 is 2.83 bits per heavy atom. The second-order valence-electron chi connectivity index (χ2n) is 3.86. The number of fused-ring (bicyclic) bond motifs is 1. The first kappa shape index (κ1) is 11.1. The van der Waals surface area contributed by atoms with E-state index in [2.05, 4.69) is 20.3 Å². The Labute approximate surface area is 108 Å². The minimum absolute atomic E-state index is 0.432. The van der Waals surface area contributed by atoms with Crippen molar-refractivity contribution in [3.63, 3.8) is 0 Å². The zero-order valence-corrected chi connectivity index (χ0v) is 10.2. The Kier molecular flexibility index (Phi) is 2.90. The van der Waals surface area contributed by atoms with Crippen LogP contribution in [-0.4, -0.2) is 24.8 Å². The molecule has 6 heteroatoms. The summed E-state index contributed by atoms with van der Waals surface area (Å²) in [6, 6.07) is 9.36. The van der Waals surface area contributed by atoms with E-state index < -0.39 is 0 Å². The number of halogens is 1. The van der Waals surface area contributed by atoms with Crippen LogP contribution < -0.4 is 0 Å². The number of aryl methyl sites for hydroxylation is 2. The molecule has 0 atom stereocenters. The fourth-order valence-corrected chi connectivity index (χ4v) is 1.89. The van der Waals surface area contributed by atoms with E-state index in [9.17, 15) is 0 Å². The van der Waals surface area contributed by atoms with E-state index >= 15 is 0 Å². The van der Waals surface area contributed by atoms with Crippen LogP contribution >= 0.6 is 11.6 Å². The van der Waals surface area contributed by atoms with Crippen molar-refractivity contribution in [2.24, 2.45) is 0 Å². The molecule has 0 aliphatic heterocycles. The van der Waals surface area contributed by atoms with E-state index in [4.69, 9.17) is 11.6 Å². The number of nitrogens with zero attached hydrogens (tertiary/aromatic N) is 5. The summed E-state index contributed by atoms with van der Waals surface area (Å²) in [5.74, 6) is 0.790. The average molecular weight is 260 g/mol. The first-order chi connectivity index (χ1) is 8.83. The number of hydrogen-bond donors (Lipinski definition) is 0. The van der Waals surface area contributed by atoms with Gasteiger partial charge in [0, 0.05) is 18.3 Å². The minimum atomic E-state index is 0.432.